The molecule has 1 rings (SSSR count). The number of carbonyl (C=O) groups excluding carboxylic acids is 2. The first-order chi connectivity index (χ1) is 5.91. The van der Waals surface area contributed by atoms with E-state index >= 15 is 0 Å². The number of ether oxygens (including phenoxy) is 2. The molecule has 2 atom stereocenters. The van der Waals surface area contributed by atoms with Gasteiger partial charge in [0.1, 0.15) is 6.04 Å². The normalized spacial score (nSPS) is 35.8. The first kappa shape index (κ1) is 9.94. The minimum absolute atomic E-state index is 0.00752. The van der Waals surface area contributed by atoms with E-state index in [-0.39, 0.29) is 12.8 Å². The Balaban J connectivity index is 2.73. The molecule has 0 aliphatic carbocycles. The highest BCUT2D eigenvalue weighted by Gasteiger charge is 2.35. The smallest absolute Gasteiger partial charge is 0.370 e. The number of rotatable bonds is 0. The van der Waals surface area contributed by atoms with Gasteiger partial charge >= 0.3 is 17.9 Å². The van der Waals surface area contributed by atoms with E-state index < -0.39 is 24.0 Å². The largest absolute Gasteiger partial charge is 0.398 e. The van der Waals surface area contributed by atoms with Crippen LogP contribution in [0, 0.1) is 0 Å². The molecule has 0 radical (unpaired) electrons. The van der Waals surface area contributed by atoms with Gasteiger partial charge in [-0.05, 0) is 6.42 Å². The van der Waals surface area contributed by atoms with Crippen molar-refractivity contribution in [2.45, 2.75) is 31.8 Å². The first-order valence-electron chi connectivity index (χ1n) is 3.83. The van der Waals surface area contributed by atoms with Gasteiger partial charge in [-0.25, -0.2) is 0 Å². The standard InChI is InChI=1S/C7H11NO5/c1-7(11)12-5(9)3-2-4(8)6(10)13-7/h4,11H,2-3,8H2,1H3/t4-,7?/m1/s1. The number of hydrogen-bond acceptors (Lipinski definition) is 6. The van der Waals surface area contributed by atoms with Gasteiger partial charge in [0.25, 0.3) is 0 Å². The highest BCUT2D eigenvalue weighted by atomic mass is 16.8. The Morgan fingerprint density at radius 2 is 2.15 bits per heavy atom. The Kier molecular flexibility index (Phi) is 2.53. The van der Waals surface area contributed by atoms with Crippen molar-refractivity contribution >= 4 is 11.9 Å². The highest BCUT2D eigenvalue weighted by Crippen LogP contribution is 2.15. The lowest BCUT2D eigenvalue weighted by molar-refractivity contribution is -0.317. The van der Waals surface area contributed by atoms with Gasteiger partial charge in [0.2, 0.25) is 0 Å². The maximum absolute atomic E-state index is 11.0. The summed E-state index contributed by atoms with van der Waals surface area (Å²) in [5, 5.41) is 9.20. The van der Waals surface area contributed by atoms with Crippen LogP contribution < -0.4 is 5.73 Å². The van der Waals surface area contributed by atoms with Gasteiger partial charge in [-0.15, -0.1) is 0 Å². The van der Waals surface area contributed by atoms with Crippen LogP contribution in [-0.2, 0) is 19.1 Å². The van der Waals surface area contributed by atoms with E-state index in [4.69, 9.17) is 5.73 Å². The molecule has 1 fully saturated rings. The average molecular weight is 189 g/mol. The van der Waals surface area contributed by atoms with E-state index in [2.05, 4.69) is 9.47 Å². The van der Waals surface area contributed by atoms with Gasteiger partial charge in [0, 0.05) is 13.3 Å². The Hall–Kier alpha value is -1.14. The van der Waals surface area contributed by atoms with Crippen molar-refractivity contribution in [3.8, 4) is 0 Å². The molecule has 0 saturated carbocycles. The molecule has 6 nitrogen and oxygen atoms in total. The highest BCUT2D eigenvalue weighted by molar-refractivity contribution is 5.78. The third-order valence-electron chi connectivity index (χ3n) is 1.56. The summed E-state index contributed by atoms with van der Waals surface area (Å²) in [6, 6.07) is -0.890. The Morgan fingerprint density at radius 3 is 2.77 bits per heavy atom. The lowest BCUT2D eigenvalue weighted by Gasteiger charge is -2.26. The second-order valence-corrected chi connectivity index (χ2v) is 2.94. The molecule has 1 aliphatic rings. The molecule has 1 saturated heterocycles. The van der Waals surface area contributed by atoms with Crippen LogP contribution in [0.15, 0.2) is 0 Å². The molecule has 0 bridgehead atoms. The fraction of sp³-hybridized carbons (Fsp3) is 0.714. The molecule has 1 unspecified atom stereocenters. The van der Waals surface area contributed by atoms with Crippen LogP contribution >= 0.6 is 0 Å². The summed E-state index contributed by atoms with van der Waals surface area (Å²) in [5.74, 6) is -3.63. The quantitative estimate of drug-likeness (QED) is 0.467. The molecule has 0 amide bonds. The zero-order valence-corrected chi connectivity index (χ0v) is 7.15. The van der Waals surface area contributed by atoms with E-state index in [9.17, 15) is 14.7 Å². The van der Waals surface area contributed by atoms with E-state index in [1.807, 2.05) is 0 Å². The predicted octanol–water partition coefficient (Wildman–Crippen LogP) is -1.14. The van der Waals surface area contributed by atoms with E-state index in [1.165, 1.54) is 0 Å². The summed E-state index contributed by atoms with van der Waals surface area (Å²) < 4.78 is 8.83. The molecule has 0 aromatic carbocycles. The van der Waals surface area contributed by atoms with Crippen molar-refractivity contribution in [1.29, 1.82) is 0 Å². The minimum atomic E-state index is -2.20. The van der Waals surface area contributed by atoms with E-state index in [0.717, 1.165) is 6.92 Å². The summed E-state index contributed by atoms with van der Waals surface area (Å²) in [7, 11) is 0. The van der Waals surface area contributed by atoms with Crippen molar-refractivity contribution in [2.24, 2.45) is 5.73 Å². The van der Waals surface area contributed by atoms with Crippen LogP contribution in [0.4, 0.5) is 0 Å². The fourth-order valence-corrected chi connectivity index (χ4v) is 0.937. The molecule has 13 heavy (non-hydrogen) atoms. The molecule has 0 aromatic heterocycles. The maximum Gasteiger partial charge on any atom is 0.370 e. The Labute approximate surface area is 74.6 Å². The summed E-state index contributed by atoms with van der Waals surface area (Å²) in [6.07, 6.45) is 0.153. The zero-order chi connectivity index (χ0) is 10.1. The third-order valence-corrected chi connectivity index (χ3v) is 1.56. The van der Waals surface area contributed by atoms with Crippen LogP contribution in [0.2, 0.25) is 0 Å². The molecule has 1 heterocycles. The summed E-state index contributed by atoms with van der Waals surface area (Å²) in [6.45, 7) is 1.06. The maximum atomic E-state index is 11.0. The topological polar surface area (TPSA) is 98.9 Å². The van der Waals surface area contributed by atoms with Gasteiger partial charge < -0.3 is 20.3 Å². The monoisotopic (exact) mass is 189 g/mol. The third kappa shape index (κ3) is 2.67. The summed E-state index contributed by atoms with van der Waals surface area (Å²) >= 11 is 0. The predicted molar refractivity (Wildman–Crippen MR) is 40.0 cm³/mol. The van der Waals surface area contributed by atoms with E-state index in [1.54, 1.807) is 0 Å². The van der Waals surface area contributed by atoms with Gasteiger partial charge in [0.15, 0.2) is 0 Å². The molecule has 6 heteroatoms. The van der Waals surface area contributed by atoms with Crippen LogP contribution in [0.3, 0.4) is 0 Å². The van der Waals surface area contributed by atoms with Crippen LogP contribution in [-0.4, -0.2) is 29.1 Å². The number of hydrogen-bond donors (Lipinski definition) is 2. The van der Waals surface area contributed by atoms with Crippen LogP contribution in [0.25, 0.3) is 0 Å². The number of cyclic esters (lactones) is 2. The van der Waals surface area contributed by atoms with Crippen LogP contribution in [0.5, 0.6) is 0 Å². The van der Waals surface area contributed by atoms with Gasteiger partial charge in [0.05, 0.1) is 0 Å². The zero-order valence-electron chi connectivity index (χ0n) is 7.15. The summed E-state index contributed by atoms with van der Waals surface area (Å²) in [5.41, 5.74) is 5.34. The van der Waals surface area contributed by atoms with Gasteiger partial charge in [-0.3, -0.25) is 9.59 Å². The van der Waals surface area contributed by atoms with Gasteiger partial charge in [-0.1, -0.05) is 0 Å². The average Bonchev–Trinajstić information content (AvgIpc) is 1.96. The molecular formula is C7H11NO5. The Morgan fingerprint density at radius 1 is 1.54 bits per heavy atom. The molecular weight excluding hydrogens is 178 g/mol. The molecule has 3 N–H and O–H groups in total. The molecule has 74 valence electrons. The molecule has 0 aromatic rings. The van der Waals surface area contributed by atoms with E-state index in [0.29, 0.717) is 0 Å². The second-order valence-electron chi connectivity index (χ2n) is 2.94. The molecule has 0 spiro atoms. The second kappa shape index (κ2) is 3.31. The van der Waals surface area contributed by atoms with Crippen molar-refractivity contribution in [3.05, 3.63) is 0 Å². The van der Waals surface area contributed by atoms with Crippen molar-refractivity contribution in [3.63, 3.8) is 0 Å². The fourth-order valence-electron chi connectivity index (χ4n) is 0.937. The van der Waals surface area contributed by atoms with Gasteiger partial charge in [-0.2, -0.15) is 0 Å². The Bertz CT molecular complexity index is 237. The number of nitrogens with two attached hydrogens (primary N) is 1. The SMILES string of the molecule is CC1(O)OC(=O)CC[C@@H](N)C(=O)O1. The first-order valence-corrected chi connectivity index (χ1v) is 3.83. The lowest BCUT2D eigenvalue weighted by atomic mass is 10.1. The van der Waals surface area contributed by atoms with Crippen molar-refractivity contribution in [2.75, 3.05) is 0 Å². The number of aliphatic hydroxyl groups is 1. The van der Waals surface area contributed by atoms with Crippen molar-refractivity contribution < 1.29 is 24.2 Å². The number of carbonyl (C=O) groups is 2. The molecule has 1 aliphatic heterocycles. The lowest BCUT2D eigenvalue weighted by Crippen LogP contribution is -2.45. The van der Waals surface area contributed by atoms with Crippen LogP contribution in [0.1, 0.15) is 19.8 Å². The van der Waals surface area contributed by atoms with Crippen molar-refractivity contribution in [1.82, 2.24) is 0 Å². The minimum Gasteiger partial charge on any atom is -0.398 e. The summed E-state index contributed by atoms with van der Waals surface area (Å²) in [4.78, 5) is 21.9. The number of esters is 2.